The molecular weight excluding hydrogens is 88.1 g/mol. The highest BCUT2D eigenvalue weighted by Gasteiger charge is 2.29. The largest absolute Gasteiger partial charge is 0.310 e. The van der Waals surface area contributed by atoms with E-state index in [-0.39, 0.29) is 0 Å². The Morgan fingerprint density at radius 2 is 2.43 bits per heavy atom. The third-order valence-corrected chi connectivity index (χ3v) is 1.67. The van der Waals surface area contributed by atoms with Crippen LogP contribution in [-0.4, -0.2) is 30.6 Å². The Bertz CT molecular complexity index is 62.6. The molecule has 0 aliphatic carbocycles. The molecule has 2 nitrogen and oxygen atoms in total. The van der Waals surface area contributed by atoms with Gasteiger partial charge in [-0.2, -0.15) is 0 Å². The second kappa shape index (κ2) is 1.20. The number of fused-ring (bicyclic) bond motifs is 2. The minimum atomic E-state index is 0.824. The van der Waals surface area contributed by atoms with Gasteiger partial charge in [0, 0.05) is 32.2 Å². The van der Waals surface area contributed by atoms with E-state index in [1.807, 2.05) is 0 Å². The van der Waals surface area contributed by atoms with Crippen molar-refractivity contribution in [3.8, 4) is 0 Å². The maximum absolute atomic E-state index is 3.35. The van der Waals surface area contributed by atoms with E-state index in [0.29, 0.717) is 0 Å². The molecule has 3 aliphatic rings. The summed E-state index contributed by atoms with van der Waals surface area (Å²) in [5.74, 6) is 0. The van der Waals surface area contributed by atoms with Gasteiger partial charge in [-0.15, -0.1) is 0 Å². The van der Waals surface area contributed by atoms with Crippen molar-refractivity contribution in [3.05, 3.63) is 6.54 Å². The lowest BCUT2D eigenvalue weighted by atomic mass is 10.1. The first-order valence-corrected chi connectivity index (χ1v) is 2.76. The van der Waals surface area contributed by atoms with Gasteiger partial charge in [-0.05, 0) is 0 Å². The molecule has 0 aromatic rings. The van der Waals surface area contributed by atoms with Crippen LogP contribution in [0.1, 0.15) is 0 Å². The molecule has 0 atom stereocenters. The topological polar surface area (TPSA) is 15.3 Å². The monoisotopic (exact) mass is 97.1 g/mol. The molecule has 0 amide bonds. The number of piperazine rings is 2. The van der Waals surface area contributed by atoms with Crippen molar-refractivity contribution in [2.45, 2.75) is 6.04 Å². The fourth-order valence-electron chi connectivity index (χ4n) is 1.14. The smallest absolute Gasteiger partial charge is 0.0390 e. The highest BCUT2D eigenvalue weighted by molar-refractivity contribution is 4.96. The Hall–Kier alpha value is -0.0800. The second-order valence-electron chi connectivity index (χ2n) is 2.24. The fourth-order valence-corrected chi connectivity index (χ4v) is 1.14. The Morgan fingerprint density at radius 1 is 1.57 bits per heavy atom. The molecule has 1 N–H and O–H groups in total. The Morgan fingerprint density at radius 3 is 2.57 bits per heavy atom. The molecule has 0 unspecified atom stereocenters. The van der Waals surface area contributed by atoms with Gasteiger partial charge in [0.05, 0.1) is 0 Å². The van der Waals surface area contributed by atoms with Crippen molar-refractivity contribution in [3.63, 3.8) is 0 Å². The van der Waals surface area contributed by atoms with Crippen molar-refractivity contribution in [2.24, 2.45) is 0 Å². The molecule has 3 aliphatic heterocycles. The van der Waals surface area contributed by atoms with Gasteiger partial charge in [0.2, 0.25) is 0 Å². The predicted molar refractivity (Wildman–Crippen MR) is 27.7 cm³/mol. The normalized spacial score (nSPS) is 48.0. The Balaban J connectivity index is 1.99. The summed E-state index contributed by atoms with van der Waals surface area (Å²) >= 11 is 0. The number of hydrogen-bond donors (Lipinski definition) is 1. The second-order valence-corrected chi connectivity index (χ2v) is 2.24. The maximum atomic E-state index is 3.35. The number of hydrogen-bond acceptors (Lipinski definition) is 2. The van der Waals surface area contributed by atoms with E-state index >= 15 is 0 Å². The van der Waals surface area contributed by atoms with Gasteiger partial charge in [-0.3, -0.25) is 4.90 Å². The maximum Gasteiger partial charge on any atom is 0.0390 e. The minimum absolute atomic E-state index is 0.824. The lowest BCUT2D eigenvalue weighted by Gasteiger charge is -2.44. The van der Waals surface area contributed by atoms with Crippen LogP contribution in [0.3, 0.4) is 0 Å². The molecule has 0 aromatic carbocycles. The van der Waals surface area contributed by atoms with Crippen LogP contribution in [0.4, 0.5) is 0 Å². The summed E-state index contributed by atoms with van der Waals surface area (Å²) < 4.78 is 0. The summed E-state index contributed by atoms with van der Waals surface area (Å²) in [6.07, 6.45) is 0. The van der Waals surface area contributed by atoms with E-state index in [1.54, 1.807) is 0 Å². The van der Waals surface area contributed by atoms with Crippen LogP contribution < -0.4 is 5.32 Å². The molecule has 3 heterocycles. The van der Waals surface area contributed by atoms with Crippen LogP contribution in [-0.2, 0) is 0 Å². The Kier molecular flexibility index (Phi) is 0.664. The van der Waals surface area contributed by atoms with Gasteiger partial charge in [-0.1, -0.05) is 0 Å². The zero-order chi connectivity index (χ0) is 4.69. The van der Waals surface area contributed by atoms with Gasteiger partial charge in [0.1, 0.15) is 0 Å². The molecule has 0 spiro atoms. The average molecular weight is 97.1 g/mol. The van der Waals surface area contributed by atoms with Crippen molar-refractivity contribution < 1.29 is 0 Å². The van der Waals surface area contributed by atoms with Gasteiger partial charge in [-0.25, -0.2) is 0 Å². The van der Waals surface area contributed by atoms with Crippen molar-refractivity contribution in [1.82, 2.24) is 10.2 Å². The molecule has 3 saturated heterocycles. The van der Waals surface area contributed by atoms with E-state index in [1.165, 1.54) is 13.1 Å². The van der Waals surface area contributed by atoms with E-state index in [9.17, 15) is 0 Å². The third-order valence-electron chi connectivity index (χ3n) is 1.67. The third kappa shape index (κ3) is 0.469. The summed E-state index contributed by atoms with van der Waals surface area (Å²) in [6.45, 7) is 5.81. The summed E-state index contributed by atoms with van der Waals surface area (Å²) in [6, 6.07) is 0.824. The standard InChI is InChI=1S/C5H9N2/c1-2-7-3-5(4-7)6-1/h2,5-6H,1,3-4H2. The predicted octanol–water partition coefficient (Wildman–Crippen LogP) is -0.564. The number of rotatable bonds is 0. The first-order chi connectivity index (χ1) is 3.45. The van der Waals surface area contributed by atoms with Crippen LogP contribution >= 0.6 is 0 Å². The summed E-state index contributed by atoms with van der Waals surface area (Å²) in [7, 11) is 0. The zero-order valence-electron chi connectivity index (χ0n) is 4.22. The van der Waals surface area contributed by atoms with Crippen LogP contribution in [0.5, 0.6) is 0 Å². The van der Waals surface area contributed by atoms with Crippen molar-refractivity contribution in [1.29, 1.82) is 0 Å². The lowest BCUT2D eigenvalue weighted by molar-refractivity contribution is 0.123. The molecular formula is C5H9N2. The summed E-state index contributed by atoms with van der Waals surface area (Å²) in [5.41, 5.74) is 0. The first-order valence-electron chi connectivity index (χ1n) is 2.76. The molecule has 0 aromatic heterocycles. The van der Waals surface area contributed by atoms with Crippen molar-refractivity contribution in [2.75, 3.05) is 19.6 Å². The minimum Gasteiger partial charge on any atom is -0.310 e. The van der Waals surface area contributed by atoms with E-state index in [2.05, 4.69) is 16.8 Å². The molecule has 7 heavy (non-hydrogen) atoms. The van der Waals surface area contributed by atoms with Gasteiger partial charge in [0.25, 0.3) is 0 Å². The van der Waals surface area contributed by atoms with Crippen LogP contribution in [0.15, 0.2) is 0 Å². The quantitative estimate of drug-likeness (QED) is 0.435. The molecule has 39 valence electrons. The molecule has 0 saturated carbocycles. The summed E-state index contributed by atoms with van der Waals surface area (Å²) in [4.78, 5) is 2.35. The average Bonchev–Trinajstić information content (AvgIpc) is 1.67. The van der Waals surface area contributed by atoms with Gasteiger partial charge >= 0.3 is 0 Å². The van der Waals surface area contributed by atoms with Crippen molar-refractivity contribution >= 4 is 0 Å². The van der Waals surface area contributed by atoms with E-state index < -0.39 is 0 Å². The number of nitrogens with one attached hydrogen (secondary N) is 1. The van der Waals surface area contributed by atoms with Crippen LogP contribution in [0.2, 0.25) is 0 Å². The SMILES string of the molecule is [CH]1CNC2CN1C2. The summed E-state index contributed by atoms with van der Waals surface area (Å²) in [5, 5.41) is 3.35. The molecule has 1 radical (unpaired) electrons. The zero-order valence-corrected chi connectivity index (χ0v) is 4.22. The molecule has 3 fully saturated rings. The fraction of sp³-hybridized carbons (Fsp3) is 0.800. The first kappa shape index (κ1) is 3.87. The molecule has 2 heteroatoms. The van der Waals surface area contributed by atoms with Gasteiger partial charge < -0.3 is 5.32 Å². The van der Waals surface area contributed by atoms with Gasteiger partial charge in [0.15, 0.2) is 0 Å². The number of nitrogens with zero attached hydrogens (tertiary/aromatic N) is 1. The highest BCUT2D eigenvalue weighted by Crippen LogP contribution is 2.12. The van der Waals surface area contributed by atoms with E-state index in [0.717, 1.165) is 12.6 Å². The van der Waals surface area contributed by atoms with Crippen LogP contribution in [0, 0.1) is 6.54 Å². The molecule has 3 rings (SSSR count). The van der Waals surface area contributed by atoms with Crippen LogP contribution in [0.25, 0.3) is 0 Å². The highest BCUT2D eigenvalue weighted by atomic mass is 15.3. The van der Waals surface area contributed by atoms with E-state index in [4.69, 9.17) is 0 Å². The lowest BCUT2D eigenvalue weighted by Crippen LogP contribution is -2.62. The molecule has 2 bridgehead atoms. The Labute approximate surface area is 43.5 Å².